The standard InChI is InChI=1S/C17H18N2O/c1-2-18-13-16(14-9-5-3-6-10-14)19(17(18)20)15-11-7-4-8-12-15/h3-12,16H,2,13H2,1H3. The van der Waals surface area contributed by atoms with Crippen LogP contribution in [0.2, 0.25) is 0 Å². The quantitative estimate of drug-likeness (QED) is 0.831. The van der Waals surface area contributed by atoms with Crippen molar-refractivity contribution in [3.05, 3.63) is 66.2 Å². The van der Waals surface area contributed by atoms with Gasteiger partial charge in [-0.15, -0.1) is 0 Å². The summed E-state index contributed by atoms with van der Waals surface area (Å²) >= 11 is 0. The van der Waals surface area contributed by atoms with Gasteiger partial charge in [-0.1, -0.05) is 48.5 Å². The van der Waals surface area contributed by atoms with Crippen LogP contribution >= 0.6 is 0 Å². The molecular formula is C17H18N2O. The van der Waals surface area contributed by atoms with Gasteiger partial charge < -0.3 is 4.90 Å². The van der Waals surface area contributed by atoms with Crippen LogP contribution in [-0.2, 0) is 0 Å². The number of benzene rings is 2. The minimum Gasteiger partial charge on any atom is -0.322 e. The fourth-order valence-electron chi connectivity index (χ4n) is 2.73. The summed E-state index contributed by atoms with van der Waals surface area (Å²) in [4.78, 5) is 16.4. The SMILES string of the molecule is CCN1CC(c2ccccc2)N(c2ccccc2)C1=O. The molecule has 2 aromatic rings. The number of rotatable bonds is 3. The fraction of sp³-hybridized carbons (Fsp3) is 0.235. The minimum atomic E-state index is 0.0889. The second-order valence-electron chi connectivity index (χ2n) is 4.95. The molecule has 1 aliphatic heterocycles. The molecule has 102 valence electrons. The lowest BCUT2D eigenvalue weighted by atomic mass is 10.1. The molecule has 0 aromatic heterocycles. The van der Waals surface area contributed by atoms with Gasteiger partial charge in [0.05, 0.1) is 6.04 Å². The van der Waals surface area contributed by atoms with E-state index in [0.29, 0.717) is 0 Å². The Balaban J connectivity index is 2.01. The van der Waals surface area contributed by atoms with Gasteiger partial charge in [-0.2, -0.15) is 0 Å². The third-order valence-electron chi connectivity index (χ3n) is 3.78. The topological polar surface area (TPSA) is 23.6 Å². The maximum absolute atomic E-state index is 12.6. The molecule has 0 radical (unpaired) electrons. The number of carbonyl (C=O) groups excluding carboxylic acids is 1. The van der Waals surface area contributed by atoms with Crippen molar-refractivity contribution in [3.8, 4) is 0 Å². The average molecular weight is 266 g/mol. The second kappa shape index (κ2) is 5.37. The number of hydrogen-bond donors (Lipinski definition) is 0. The molecule has 1 aliphatic rings. The van der Waals surface area contributed by atoms with E-state index in [4.69, 9.17) is 0 Å². The van der Waals surface area contributed by atoms with Crippen LogP contribution in [0.1, 0.15) is 18.5 Å². The minimum absolute atomic E-state index is 0.0889. The average Bonchev–Trinajstić information content (AvgIpc) is 2.86. The predicted molar refractivity (Wildman–Crippen MR) is 80.7 cm³/mol. The van der Waals surface area contributed by atoms with Crippen LogP contribution in [-0.4, -0.2) is 24.0 Å². The van der Waals surface area contributed by atoms with Crippen molar-refractivity contribution < 1.29 is 4.79 Å². The van der Waals surface area contributed by atoms with Crippen LogP contribution in [0.5, 0.6) is 0 Å². The molecule has 0 spiro atoms. The summed E-state index contributed by atoms with van der Waals surface area (Å²) in [6, 6.07) is 20.3. The van der Waals surface area contributed by atoms with Crippen molar-refractivity contribution in [1.82, 2.24) is 4.90 Å². The summed E-state index contributed by atoms with van der Waals surface area (Å²) in [5.74, 6) is 0. The van der Waals surface area contributed by atoms with Gasteiger partial charge >= 0.3 is 6.03 Å². The summed E-state index contributed by atoms with van der Waals surface area (Å²) in [5, 5.41) is 0. The number of urea groups is 1. The number of nitrogens with zero attached hydrogens (tertiary/aromatic N) is 2. The van der Waals surface area contributed by atoms with Crippen molar-refractivity contribution in [2.24, 2.45) is 0 Å². The lowest BCUT2D eigenvalue weighted by Crippen LogP contribution is -2.32. The summed E-state index contributed by atoms with van der Waals surface area (Å²) in [7, 11) is 0. The van der Waals surface area contributed by atoms with Crippen molar-refractivity contribution in [2.45, 2.75) is 13.0 Å². The van der Waals surface area contributed by atoms with E-state index in [1.54, 1.807) is 0 Å². The molecule has 20 heavy (non-hydrogen) atoms. The highest BCUT2D eigenvalue weighted by molar-refractivity contribution is 5.95. The first-order valence-electron chi connectivity index (χ1n) is 6.99. The van der Waals surface area contributed by atoms with Gasteiger partial charge in [0, 0.05) is 18.8 Å². The molecule has 1 fully saturated rings. The Labute approximate surface area is 119 Å². The molecule has 3 rings (SSSR count). The van der Waals surface area contributed by atoms with Crippen molar-refractivity contribution in [2.75, 3.05) is 18.0 Å². The third-order valence-corrected chi connectivity index (χ3v) is 3.78. The Hall–Kier alpha value is -2.29. The fourth-order valence-corrected chi connectivity index (χ4v) is 2.73. The first kappa shape index (κ1) is 12.7. The van der Waals surface area contributed by atoms with E-state index >= 15 is 0 Å². The second-order valence-corrected chi connectivity index (χ2v) is 4.95. The molecule has 0 saturated carbocycles. The predicted octanol–water partition coefficient (Wildman–Crippen LogP) is 3.69. The molecule has 1 heterocycles. The zero-order valence-electron chi connectivity index (χ0n) is 11.6. The Kier molecular flexibility index (Phi) is 3.42. The molecule has 0 bridgehead atoms. The summed E-state index contributed by atoms with van der Waals surface area (Å²) < 4.78 is 0. The Morgan fingerprint density at radius 3 is 2.20 bits per heavy atom. The van der Waals surface area contributed by atoms with Crippen LogP contribution in [0.15, 0.2) is 60.7 Å². The van der Waals surface area contributed by atoms with Crippen LogP contribution in [0, 0.1) is 0 Å². The third kappa shape index (κ3) is 2.16. The highest BCUT2D eigenvalue weighted by Gasteiger charge is 2.37. The van der Waals surface area contributed by atoms with Gasteiger partial charge in [0.25, 0.3) is 0 Å². The molecule has 1 saturated heterocycles. The Bertz CT molecular complexity index is 582. The van der Waals surface area contributed by atoms with Crippen LogP contribution in [0.25, 0.3) is 0 Å². The van der Waals surface area contributed by atoms with Gasteiger partial charge in [0.1, 0.15) is 0 Å². The maximum Gasteiger partial charge on any atom is 0.325 e. The number of amides is 2. The summed E-state index contributed by atoms with van der Waals surface area (Å²) in [6.07, 6.45) is 0. The van der Waals surface area contributed by atoms with E-state index in [1.807, 2.05) is 65.3 Å². The first-order valence-corrected chi connectivity index (χ1v) is 6.99. The molecule has 2 aromatic carbocycles. The van der Waals surface area contributed by atoms with E-state index in [1.165, 1.54) is 5.56 Å². The van der Waals surface area contributed by atoms with Gasteiger partial charge in [-0.3, -0.25) is 4.90 Å². The highest BCUT2D eigenvalue weighted by Crippen LogP contribution is 2.33. The van der Waals surface area contributed by atoms with E-state index in [9.17, 15) is 4.79 Å². The zero-order valence-corrected chi connectivity index (χ0v) is 11.6. The zero-order chi connectivity index (χ0) is 13.9. The van der Waals surface area contributed by atoms with E-state index in [2.05, 4.69) is 12.1 Å². The largest absolute Gasteiger partial charge is 0.325 e. The molecule has 3 heteroatoms. The maximum atomic E-state index is 12.6. The van der Waals surface area contributed by atoms with Gasteiger partial charge in [0.2, 0.25) is 0 Å². The molecular weight excluding hydrogens is 248 g/mol. The van der Waals surface area contributed by atoms with Gasteiger partial charge in [-0.05, 0) is 24.6 Å². The molecule has 1 unspecified atom stereocenters. The monoisotopic (exact) mass is 266 g/mol. The number of hydrogen-bond acceptors (Lipinski definition) is 1. The number of likely N-dealkylation sites (N-methyl/N-ethyl adjacent to an activating group) is 1. The molecule has 0 aliphatic carbocycles. The highest BCUT2D eigenvalue weighted by atomic mass is 16.2. The van der Waals surface area contributed by atoms with E-state index < -0.39 is 0 Å². The van der Waals surface area contributed by atoms with E-state index in [0.717, 1.165) is 18.8 Å². The van der Waals surface area contributed by atoms with Crippen LogP contribution in [0.4, 0.5) is 10.5 Å². The lowest BCUT2D eigenvalue weighted by molar-refractivity contribution is 0.223. The molecule has 1 atom stereocenters. The Morgan fingerprint density at radius 1 is 1.00 bits per heavy atom. The number of para-hydroxylation sites is 1. The van der Waals surface area contributed by atoms with Crippen molar-refractivity contribution >= 4 is 11.7 Å². The van der Waals surface area contributed by atoms with Crippen LogP contribution in [0.3, 0.4) is 0 Å². The Morgan fingerprint density at radius 2 is 1.60 bits per heavy atom. The van der Waals surface area contributed by atoms with E-state index in [-0.39, 0.29) is 12.1 Å². The molecule has 0 N–H and O–H groups in total. The van der Waals surface area contributed by atoms with Gasteiger partial charge in [-0.25, -0.2) is 4.79 Å². The summed E-state index contributed by atoms with van der Waals surface area (Å²) in [6.45, 7) is 3.51. The van der Waals surface area contributed by atoms with Crippen LogP contribution < -0.4 is 4.90 Å². The number of anilines is 1. The molecule has 3 nitrogen and oxygen atoms in total. The van der Waals surface area contributed by atoms with Crippen molar-refractivity contribution in [3.63, 3.8) is 0 Å². The number of carbonyl (C=O) groups is 1. The smallest absolute Gasteiger partial charge is 0.322 e. The van der Waals surface area contributed by atoms with Crippen molar-refractivity contribution in [1.29, 1.82) is 0 Å². The van der Waals surface area contributed by atoms with Gasteiger partial charge in [0.15, 0.2) is 0 Å². The normalized spacial score (nSPS) is 18.6. The summed E-state index contributed by atoms with van der Waals surface area (Å²) in [5.41, 5.74) is 2.14. The lowest BCUT2D eigenvalue weighted by Gasteiger charge is -2.23. The first-order chi connectivity index (χ1) is 9.81. The molecule has 2 amide bonds.